The highest BCUT2D eigenvalue weighted by Gasteiger charge is 2.14. The molecule has 3 aromatic rings. The van der Waals surface area contributed by atoms with Crippen LogP contribution in [0, 0.1) is 6.92 Å². The molecule has 118 valence electrons. The van der Waals surface area contributed by atoms with E-state index >= 15 is 0 Å². The Kier molecular flexibility index (Phi) is 4.52. The van der Waals surface area contributed by atoms with E-state index in [1.54, 1.807) is 12.4 Å². The van der Waals surface area contributed by atoms with Crippen LogP contribution in [0.4, 0.5) is 5.69 Å². The number of nitrogens with one attached hydrogen (secondary N) is 2. The van der Waals surface area contributed by atoms with Gasteiger partial charge in [-0.3, -0.25) is 9.78 Å². The number of hydrogen-bond donors (Lipinski definition) is 2. The van der Waals surface area contributed by atoms with Gasteiger partial charge in [-0.25, -0.2) is 4.98 Å². The minimum Gasteiger partial charge on any atom is -0.384 e. The van der Waals surface area contributed by atoms with Crippen LogP contribution in [0.2, 0.25) is 0 Å². The summed E-state index contributed by atoms with van der Waals surface area (Å²) in [5.41, 5.74) is 3.10. The molecule has 0 saturated heterocycles. The van der Waals surface area contributed by atoms with Gasteiger partial charge in [0.25, 0.3) is 5.91 Å². The minimum atomic E-state index is -0.132. The number of amides is 1. The first kappa shape index (κ1) is 15.0. The largest absolute Gasteiger partial charge is 0.384 e. The Bertz CT molecular complexity index is 797. The lowest BCUT2D eigenvalue weighted by molar-refractivity contribution is 0.0948. The van der Waals surface area contributed by atoms with Gasteiger partial charge >= 0.3 is 0 Å². The van der Waals surface area contributed by atoms with E-state index in [9.17, 15) is 4.79 Å². The molecule has 0 bridgehead atoms. The summed E-state index contributed by atoms with van der Waals surface area (Å²) in [4.78, 5) is 20.7. The van der Waals surface area contributed by atoms with Crippen LogP contribution in [0.25, 0.3) is 5.65 Å². The van der Waals surface area contributed by atoms with Crippen molar-refractivity contribution in [3.63, 3.8) is 0 Å². The SMILES string of the molecule is Cc1c(C(=O)NCCCNc2cccnc2)nc2ccccn12. The van der Waals surface area contributed by atoms with Crippen LogP contribution < -0.4 is 10.6 Å². The monoisotopic (exact) mass is 309 g/mol. The van der Waals surface area contributed by atoms with Gasteiger partial charge in [0.15, 0.2) is 0 Å². The Morgan fingerprint density at radius 1 is 1.22 bits per heavy atom. The molecule has 0 aromatic carbocycles. The Balaban J connectivity index is 1.50. The van der Waals surface area contributed by atoms with Crippen LogP contribution in [-0.2, 0) is 0 Å². The third-order valence-electron chi connectivity index (χ3n) is 3.61. The molecule has 23 heavy (non-hydrogen) atoms. The van der Waals surface area contributed by atoms with Gasteiger partial charge < -0.3 is 15.0 Å². The number of aromatic nitrogens is 3. The Labute approximate surface area is 134 Å². The van der Waals surface area contributed by atoms with E-state index < -0.39 is 0 Å². The number of anilines is 1. The molecule has 6 heteroatoms. The number of pyridine rings is 2. The number of hydrogen-bond acceptors (Lipinski definition) is 4. The average Bonchev–Trinajstić information content (AvgIpc) is 2.93. The lowest BCUT2D eigenvalue weighted by Crippen LogP contribution is -2.26. The predicted molar refractivity (Wildman–Crippen MR) is 89.6 cm³/mol. The molecule has 2 N–H and O–H groups in total. The summed E-state index contributed by atoms with van der Waals surface area (Å²) in [7, 11) is 0. The zero-order valence-corrected chi connectivity index (χ0v) is 13.0. The summed E-state index contributed by atoms with van der Waals surface area (Å²) in [6.07, 6.45) is 6.25. The molecule has 1 amide bonds. The molecule has 0 saturated carbocycles. The number of rotatable bonds is 6. The summed E-state index contributed by atoms with van der Waals surface area (Å²) in [5, 5.41) is 6.17. The summed E-state index contributed by atoms with van der Waals surface area (Å²) in [5.74, 6) is -0.132. The fourth-order valence-corrected chi connectivity index (χ4v) is 2.41. The number of nitrogens with zero attached hydrogens (tertiary/aromatic N) is 3. The number of fused-ring (bicyclic) bond motifs is 1. The van der Waals surface area contributed by atoms with Gasteiger partial charge in [0.05, 0.1) is 11.4 Å². The molecule has 0 unspecified atom stereocenters. The van der Waals surface area contributed by atoms with E-state index in [-0.39, 0.29) is 5.91 Å². The molecular formula is C17H19N5O. The van der Waals surface area contributed by atoms with E-state index in [0.29, 0.717) is 12.2 Å². The second kappa shape index (κ2) is 6.91. The van der Waals surface area contributed by atoms with Crippen LogP contribution in [0.3, 0.4) is 0 Å². The number of aryl methyl sites for hydroxylation is 1. The number of carbonyl (C=O) groups is 1. The fraction of sp³-hybridized carbons (Fsp3) is 0.235. The van der Waals surface area contributed by atoms with Crippen molar-refractivity contribution in [2.75, 3.05) is 18.4 Å². The number of carbonyl (C=O) groups excluding carboxylic acids is 1. The van der Waals surface area contributed by atoms with Crippen molar-refractivity contribution in [3.05, 3.63) is 60.3 Å². The van der Waals surface area contributed by atoms with Gasteiger partial charge in [-0.1, -0.05) is 6.07 Å². The maximum Gasteiger partial charge on any atom is 0.271 e. The highest BCUT2D eigenvalue weighted by molar-refractivity contribution is 5.94. The smallest absolute Gasteiger partial charge is 0.271 e. The lowest BCUT2D eigenvalue weighted by Gasteiger charge is -2.06. The van der Waals surface area contributed by atoms with E-state index in [1.807, 2.05) is 47.9 Å². The summed E-state index contributed by atoms with van der Waals surface area (Å²) >= 11 is 0. The van der Waals surface area contributed by atoms with E-state index in [4.69, 9.17) is 0 Å². The Hall–Kier alpha value is -2.89. The summed E-state index contributed by atoms with van der Waals surface area (Å²) in [6.45, 7) is 3.27. The molecule has 0 spiro atoms. The summed E-state index contributed by atoms with van der Waals surface area (Å²) in [6, 6.07) is 9.57. The lowest BCUT2D eigenvalue weighted by atomic mass is 10.3. The van der Waals surface area contributed by atoms with Crippen LogP contribution in [0.1, 0.15) is 22.6 Å². The molecular weight excluding hydrogens is 290 g/mol. The molecule has 0 radical (unpaired) electrons. The zero-order valence-electron chi connectivity index (χ0n) is 13.0. The van der Waals surface area contributed by atoms with E-state index in [2.05, 4.69) is 20.6 Å². The standard InChI is InChI=1S/C17H19N5O/c1-13-16(21-15-7-2-3-11-22(13)15)17(23)20-10-5-9-19-14-6-4-8-18-12-14/h2-4,6-8,11-12,19H,5,9-10H2,1H3,(H,20,23). The maximum atomic E-state index is 12.3. The first-order chi connectivity index (χ1) is 11.3. The molecule has 0 aliphatic carbocycles. The van der Waals surface area contributed by atoms with Crippen LogP contribution in [0.5, 0.6) is 0 Å². The van der Waals surface area contributed by atoms with E-state index in [0.717, 1.165) is 30.0 Å². The molecule has 0 atom stereocenters. The molecule has 3 rings (SSSR count). The van der Waals surface area contributed by atoms with Gasteiger partial charge in [0.2, 0.25) is 0 Å². The normalized spacial score (nSPS) is 10.7. The third-order valence-corrected chi connectivity index (χ3v) is 3.61. The second-order valence-electron chi connectivity index (χ2n) is 5.25. The van der Waals surface area contributed by atoms with Gasteiger partial charge in [-0.05, 0) is 37.6 Å². The highest BCUT2D eigenvalue weighted by atomic mass is 16.1. The third kappa shape index (κ3) is 3.48. The summed E-state index contributed by atoms with van der Waals surface area (Å²) < 4.78 is 1.92. The van der Waals surface area contributed by atoms with Crippen molar-refractivity contribution in [3.8, 4) is 0 Å². The van der Waals surface area contributed by atoms with Crippen molar-refractivity contribution in [2.24, 2.45) is 0 Å². The van der Waals surface area contributed by atoms with Gasteiger partial charge in [-0.15, -0.1) is 0 Å². The molecule has 0 fully saturated rings. The quantitative estimate of drug-likeness (QED) is 0.685. The van der Waals surface area contributed by atoms with E-state index in [1.165, 1.54) is 0 Å². The van der Waals surface area contributed by atoms with Gasteiger partial charge in [0.1, 0.15) is 11.3 Å². The Morgan fingerprint density at radius 3 is 2.91 bits per heavy atom. The fourth-order valence-electron chi connectivity index (χ4n) is 2.41. The van der Waals surface area contributed by atoms with Gasteiger partial charge in [-0.2, -0.15) is 0 Å². The second-order valence-corrected chi connectivity index (χ2v) is 5.25. The van der Waals surface area contributed by atoms with Crippen molar-refractivity contribution >= 4 is 17.2 Å². The van der Waals surface area contributed by atoms with Crippen molar-refractivity contribution in [2.45, 2.75) is 13.3 Å². The molecule has 6 nitrogen and oxygen atoms in total. The van der Waals surface area contributed by atoms with Gasteiger partial charge in [0, 0.05) is 31.7 Å². The zero-order chi connectivity index (χ0) is 16.1. The Morgan fingerprint density at radius 2 is 2.13 bits per heavy atom. The number of imidazole rings is 1. The molecule has 3 heterocycles. The molecule has 0 aliphatic rings. The average molecular weight is 309 g/mol. The highest BCUT2D eigenvalue weighted by Crippen LogP contribution is 2.11. The van der Waals surface area contributed by atoms with Crippen LogP contribution in [-0.4, -0.2) is 33.4 Å². The van der Waals surface area contributed by atoms with Crippen LogP contribution in [0.15, 0.2) is 48.9 Å². The van der Waals surface area contributed by atoms with Crippen molar-refractivity contribution < 1.29 is 4.79 Å². The maximum absolute atomic E-state index is 12.3. The van der Waals surface area contributed by atoms with Crippen LogP contribution >= 0.6 is 0 Å². The topological polar surface area (TPSA) is 71.3 Å². The molecule has 0 aliphatic heterocycles. The molecule has 3 aromatic heterocycles. The first-order valence-corrected chi connectivity index (χ1v) is 7.61. The minimum absolute atomic E-state index is 0.132. The van der Waals surface area contributed by atoms with Crippen molar-refractivity contribution in [1.82, 2.24) is 19.7 Å². The predicted octanol–water partition coefficient (Wildman–Crippen LogP) is 2.27. The first-order valence-electron chi connectivity index (χ1n) is 7.61. The van der Waals surface area contributed by atoms with Crippen molar-refractivity contribution in [1.29, 1.82) is 0 Å².